The van der Waals surface area contributed by atoms with Crippen molar-refractivity contribution in [2.75, 3.05) is 40.9 Å². The van der Waals surface area contributed by atoms with Crippen LogP contribution in [0.4, 0.5) is 4.79 Å². The van der Waals surface area contributed by atoms with Crippen LogP contribution in [-0.4, -0.2) is 69.0 Å². The van der Waals surface area contributed by atoms with E-state index in [4.69, 9.17) is 9.84 Å². The molecule has 0 rings (SSSR count). The summed E-state index contributed by atoms with van der Waals surface area (Å²) in [5.41, 5.74) is 0. The van der Waals surface area contributed by atoms with Gasteiger partial charge in [-0.25, -0.2) is 4.79 Å². The highest BCUT2D eigenvalue weighted by molar-refractivity contribution is 5.74. The molecule has 1 atom stereocenters. The molecule has 7 nitrogen and oxygen atoms in total. The third-order valence-electron chi connectivity index (χ3n) is 1.83. The van der Waals surface area contributed by atoms with Crippen LogP contribution in [0.25, 0.3) is 0 Å². The second-order valence-electron chi connectivity index (χ2n) is 3.43. The summed E-state index contributed by atoms with van der Waals surface area (Å²) in [5.74, 6) is -0.971. The molecule has 0 aromatic heterocycles. The van der Waals surface area contributed by atoms with Gasteiger partial charge >= 0.3 is 12.0 Å². The minimum Gasteiger partial charge on any atom is -0.480 e. The Morgan fingerprint density at radius 2 is 2.00 bits per heavy atom. The number of carbonyl (C=O) groups is 2. The van der Waals surface area contributed by atoms with E-state index in [2.05, 4.69) is 10.6 Å². The molecule has 0 radical (unpaired) electrons. The number of methoxy groups -OCH3 is 1. The van der Waals surface area contributed by atoms with Gasteiger partial charge in [0.1, 0.15) is 6.04 Å². The van der Waals surface area contributed by atoms with E-state index < -0.39 is 12.0 Å². The topological polar surface area (TPSA) is 90.9 Å². The normalized spacial score (nSPS) is 11.9. The van der Waals surface area contributed by atoms with Crippen LogP contribution in [0.15, 0.2) is 0 Å². The molecule has 7 heteroatoms. The molecule has 1 unspecified atom stereocenters. The Morgan fingerprint density at radius 3 is 2.44 bits per heavy atom. The Morgan fingerprint density at radius 1 is 1.38 bits per heavy atom. The molecule has 0 aliphatic rings. The first-order valence-electron chi connectivity index (χ1n) is 4.89. The van der Waals surface area contributed by atoms with Crippen LogP contribution in [-0.2, 0) is 9.53 Å². The van der Waals surface area contributed by atoms with E-state index in [0.29, 0.717) is 13.1 Å². The van der Waals surface area contributed by atoms with Gasteiger partial charge in [0.2, 0.25) is 0 Å². The van der Waals surface area contributed by atoms with Gasteiger partial charge in [0, 0.05) is 34.3 Å². The van der Waals surface area contributed by atoms with Gasteiger partial charge < -0.3 is 25.4 Å². The number of hydrogen-bond acceptors (Lipinski definition) is 4. The number of nitrogens with one attached hydrogen (secondary N) is 2. The molecule has 0 saturated heterocycles. The zero-order chi connectivity index (χ0) is 12.6. The lowest BCUT2D eigenvalue weighted by atomic mass is 10.3. The molecule has 3 N–H and O–H groups in total. The first kappa shape index (κ1) is 14.7. The van der Waals surface area contributed by atoms with Crippen LogP contribution in [0, 0.1) is 0 Å². The van der Waals surface area contributed by atoms with Gasteiger partial charge in [0.25, 0.3) is 0 Å². The third kappa shape index (κ3) is 6.20. The Hall–Kier alpha value is -1.34. The zero-order valence-corrected chi connectivity index (χ0v) is 9.82. The summed E-state index contributed by atoms with van der Waals surface area (Å²) in [5, 5.41) is 14.1. The fourth-order valence-corrected chi connectivity index (χ4v) is 0.958. The van der Waals surface area contributed by atoms with Crippen LogP contribution >= 0.6 is 0 Å². The van der Waals surface area contributed by atoms with E-state index in [-0.39, 0.29) is 12.6 Å². The highest BCUT2D eigenvalue weighted by atomic mass is 16.5. The standard InChI is InChI=1S/C9H19N3O4/c1-12(2)9(15)11-5-4-10-7(6-16-3)8(13)14/h7,10H,4-6H2,1-3H3,(H,11,15)(H,13,14). The monoisotopic (exact) mass is 233 g/mol. The molecule has 16 heavy (non-hydrogen) atoms. The van der Waals surface area contributed by atoms with Crippen LogP contribution in [0.3, 0.4) is 0 Å². The molecule has 2 amide bonds. The number of carboxylic acid groups (broad SMARTS) is 1. The van der Waals surface area contributed by atoms with Crippen LogP contribution in [0.5, 0.6) is 0 Å². The molecule has 0 aromatic rings. The van der Waals surface area contributed by atoms with Gasteiger partial charge in [-0.2, -0.15) is 0 Å². The van der Waals surface area contributed by atoms with E-state index in [9.17, 15) is 9.59 Å². The maximum absolute atomic E-state index is 11.1. The lowest BCUT2D eigenvalue weighted by molar-refractivity contribution is -0.140. The molecular weight excluding hydrogens is 214 g/mol. The maximum atomic E-state index is 11.1. The summed E-state index contributed by atoms with van der Waals surface area (Å²) in [7, 11) is 4.70. The lowest BCUT2D eigenvalue weighted by Gasteiger charge is -2.15. The second kappa shape index (κ2) is 7.89. The minimum atomic E-state index is -0.971. The number of hydrogen-bond donors (Lipinski definition) is 3. The molecular formula is C9H19N3O4. The molecule has 0 bridgehead atoms. The summed E-state index contributed by atoms with van der Waals surface area (Å²) in [4.78, 5) is 23.2. The van der Waals surface area contributed by atoms with Crippen LogP contribution < -0.4 is 10.6 Å². The number of nitrogens with zero attached hydrogens (tertiary/aromatic N) is 1. The summed E-state index contributed by atoms with van der Waals surface area (Å²) in [6.45, 7) is 0.835. The van der Waals surface area contributed by atoms with Crippen LogP contribution in [0.2, 0.25) is 0 Å². The average Bonchev–Trinajstić information content (AvgIpc) is 2.21. The van der Waals surface area contributed by atoms with Crippen molar-refractivity contribution in [2.24, 2.45) is 0 Å². The van der Waals surface area contributed by atoms with Gasteiger partial charge in [-0.05, 0) is 0 Å². The van der Waals surface area contributed by atoms with Crippen molar-refractivity contribution in [3.63, 3.8) is 0 Å². The van der Waals surface area contributed by atoms with Crippen molar-refractivity contribution in [1.29, 1.82) is 0 Å². The number of carbonyl (C=O) groups excluding carboxylic acids is 1. The Bertz CT molecular complexity index is 233. The third-order valence-corrected chi connectivity index (χ3v) is 1.83. The minimum absolute atomic E-state index is 0.0942. The van der Waals surface area contributed by atoms with Gasteiger partial charge in [-0.3, -0.25) is 4.79 Å². The van der Waals surface area contributed by atoms with Crippen molar-refractivity contribution in [3.05, 3.63) is 0 Å². The fraction of sp³-hybridized carbons (Fsp3) is 0.778. The second-order valence-corrected chi connectivity index (χ2v) is 3.43. The molecule has 0 fully saturated rings. The number of ether oxygens (including phenoxy) is 1. The lowest BCUT2D eigenvalue weighted by Crippen LogP contribution is -2.45. The molecule has 0 saturated carbocycles. The summed E-state index contributed by atoms with van der Waals surface area (Å²) in [6, 6.07) is -0.957. The van der Waals surface area contributed by atoms with Crippen molar-refractivity contribution in [3.8, 4) is 0 Å². The van der Waals surface area contributed by atoms with E-state index in [1.165, 1.54) is 12.0 Å². The van der Waals surface area contributed by atoms with Crippen molar-refractivity contribution >= 4 is 12.0 Å². The predicted octanol–water partition coefficient (Wildman–Crippen LogP) is -1.05. The predicted molar refractivity (Wildman–Crippen MR) is 58.4 cm³/mol. The summed E-state index contributed by atoms with van der Waals surface area (Å²) < 4.78 is 4.74. The zero-order valence-electron chi connectivity index (χ0n) is 9.82. The van der Waals surface area contributed by atoms with Gasteiger partial charge in [0.05, 0.1) is 6.61 Å². The van der Waals surface area contributed by atoms with E-state index >= 15 is 0 Å². The molecule has 0 aliphatic heterocycles. The highest BCUT2D eigenvalue weighted by Gasteiger charge is 2.15. The van der Waals surface area contributed by atoms with Crippen LogP contribution in [0.1, 0.15) is 0 Å². The quantitative estimate of drug-likeness (QED) is 0.488. The molecule has 0 spiro atoms. The van der Waals surface area contributed by atoms with E-state index in [1.807, 2.05) is 0 Å². The van der Waals surface area contributed by atoms with Gasteiger partial charge in [-0.1, -0.05) is 0 Å². The van der Waals surface area contributed by atoms with Gasteiger partial charge in [-0.15, -0.1) is 0 Å². The highest BCUT2D eigenvalue weighted by Crippen LogP contribution is 1.84. The molecule has 0 heterocycles. The maximum Gasteiger partial charge on any atom is 0.323 e. The van der Waals surface area contributed by atoms with Crippen molar-refractivity contribution in [1.82, 2.24) is 15.5 Å². The first-order valence-corrected chi connectivity index (χ1v) is 4.89. The fourth-order valence-electron chi connectivity index (χ4n) is 0.958. The number of urea groups is 1. The summed E-state index contributed by atoms with van der Waals surface area (Å²) in [6.07, 6.45) is 0. The molecule has 94 valence electrons. The molecule has 0 aromatic carbocycles. The first-order chi connectivity index (χ1) is 7.49. The number of aliphatic carboxylic acids is 1. The van der Waals surface area contributed by atoms with E-state index in [1.54, 1.807) is 14.1 Å². The Balaban J connectivity index is 3.70. The number of amides is 2. The Labute approximate surface area is 94.7 Å². The van der Waals surface area contributed by atoms with E-state index in [0.717, 1.165) is 0 Å². The molecule has 0 aliphatic carbocycles. The number of rotatable bonds is 7. The van der Waals surface area contributed by atoms with Gasteiger partial charge in [0.15, 0.2) is 0 Å². The largest absolute Gasteiger partial charge is 0.480 e. The average molecular weight is 233 g/mol. The SMILES string of the molecule is COCC(NCCNC(=O)N(C)C)C(=O)O. The van der Waals surface area contributed by atoms with Crippen molar-refractivity contribution < 1.29 is 19.4 Å². The van der Waals surface area contributed by atoms with Crippen molar-refractivity contribution in [2.45, 2.75) is 6.04 Å². The summed E-state index contributed by atoms with van der Waals surface area (Å²) >= 11 is 0. The Kier molecular flexibility index (Phi) is 7.23. The number of carboxylic acids is 1. The smallest absolute Gasteiger partial charge is 0.323 e.